The van der Waals surface area contributed by atoms with E-state index < -0.39 is 11.9 Å². The number of hydrogen-bond acceptors (Lipinski definition) is 5. The van der Waals surface area contributed by atoms with Gasteiger partial charge in [-0.05, 0) is 5.92 Å². The summed E-state index contributed by atoms with van der Waals surface area (Å²) in [7, 11) is 0. The van der Waals surface area contributed by atoms with Gasteiger partial charge in [-0.1, -0.05) is 55.8 Å². The summed E-state index contributed by atoms with van der Waals surface area (Å²) >= 11 is 0. The molecule has 0 aliphatic rings. The Morgan fingerprint density at radius 1 is 1.29 bits per heavy atom. The minimum atomic E-state index is -0.662. The molecule has 7 heteroatoms. The number of amides is 2. The molecule has 0 unspecified atom stereocenters. The van der Waals surface area contributed by atoms with Gasteiger partial charge in [-0.15, -0.1) is 0 Å². The topological polar surface area (TPSA) is 111 Å². The molecule has 0 bridgehead atoms. The van der Waals surface area contributed by atoms with E-state index in [4.69, 9.17) is 10.3 Å². The Balaban J connectivity index is 1.90. The van der Waals surface area contributed by atoms with Crippen LogP contribution in [0.15, 0.2) is 34.9 Å². The van der Waals surface area contributed by atoms with E-state index in [0.29, 0.717) is 18.1 Å². The van der Waals surface area contributed by atoms with E-state index in [1.807, 2.05) is 44.2 Å². The molecule has 7 nitrogen and oxygen atoms in total. The number of carbonyl (C=O) groups is 2. The van der Waals surface area contributed by atoms with Crippen LogP contribution < -0.4 is 11.1 Å². The number of nitrogens with two attached hydrogens (primary N) is 1. The summed E-state index contributed by atoms with van der Waals surface area (Å²) in [6, 6.07) is 8.78. The van der Waals surface area contributed by atoms with Gasteiger partial charge in [0.15, 0.2) is 0 Å². The monoisotopic (exact) mass is 330 g/mol. The summed E-state index contributed by atoms with van der Waals surface area (Å²) in [6.07, 6.45) is 1.20. The third-order valence-corrected chi connectivity index (χ3v) is 3.90. The first-order chi connectivity index (χ1) is 11.5. The molecular formula is C17H22N4O3. The zero-order valence-corrected chi connectivity index (χ0v) is 13.9. The lowest BCUT2D eigenvalue weighted by Crippen LogP contribution is -2.48. The van der Waals surface area contributed by atoms with Crippen molar-refractivity contribution in [3.8, 4) is 11.4 Å². The van der Waals surface area contributed by atoms with Gasteiger partial charge in [0, 0.05) is 18.4 Å². The van der Waals surface area contributed by atoms with Gasteiger partial charge in [0.25, 0.3) is 0 Å². The Labute approximate surface area is 140 Å². The molecule has 1 heterocycles. The van der Waals surface area contributed by atoms with E-state index >= 15 is 0 Å². The second-order valence-corrected chi connectivity index (χ2v) is 5.71. The van der Waals surface area contributed by atoms with Gasteiger partial charge >= 0.3 is 0 Å². The maximum atomic E-state index is 12.0. The first-order valence-electron chi connectivity index (χ1n) is 7.98. The fourth-order valence-electron chi connectivity index (χ4n) is 2.26. The normalized spacial score (nSPS) is 13.2. The summed E-state index contributed by atoms with van der Waals surface area (Å²) in [5.74, 6) is 0.0590. The van der Waals surface area contributed by atoms with Crippen LogP contribution in [0.3, 0.4) is 0 Å². The van der Waals surface area contributed by atoms with Crippen molar-refractivity contribution in [1.29, 1.82) is 0 Å². The number of benzene rings is 1. The zero-order chi connectivity index (χ0) is 17.5. The lowest BCUT2D eigenvalue weighted by molar-refractivity contribution is -0.128. The Morgan fingerprint density at radius 2 is 2.00 bits per heavy atom. The average Bonchev–Trinajstić information content (AvgIpc) is 3.06. The fourth-order valence-corrected chi connectivity index (χ4v) is 2.26. The molecule has 0 aliphatic heterocycles. The van der Waals surface area contributed by atoms with Gasteiger partial charge in [0.05, 0.1) is 0 Å². The van der Waals surface area contributed by atoms with Crippen molar-refractivity contribution in [2.45, 2.75) is 39.2 Å². The van der Waals surface area contributed by atoms with Crippen LogP contribution >= 0.6 is 0 Å². The zero-order valence-electron chi connectivity index (χ0n) is 13.9. The van der Waals surface area contributed by atoms with Crippen LogP contribution in [0.4, 0.5) is 0 Å². The number of rotatable bonds is 8. The van der Waals surface area contributed by atoms with Crippen LogP contribution in [-0.4, -0.2) is 28.0 Å². The fraction of sp³-hybridized carbons (Fsp3) is 0.412. The predicted octanol–water partition coefficient (Wildman–Crippen LogP) is 1.69. The number of carbonyl (C=O) groups excluding carboxylic acids is 2. The summed E-state index contributed by atoms with van der Waals surface area (Å²) in [6.45, 7) is 3.82. The van der Waals surface area contributed by atoms with Crippen molar-refractivity contribution in [2.75, 3.05) is 0 Å². The van der Waals surface area contributed by atoms with Crippen molar-refractivity contribution >= 4 is 11.8 Å². The highest BCUT2D eigenvalue weighted by Gasteiger charge is 2.23. The van der Waals surface area contributed by atoms with E-state index in [2.05, 4.69) is 15.5 Å². The van der Waals surface area contributed by atoms with Crippen molar-refractivity contribution in [2.24, 2.45) is 11.7 Å². The molecule has 2 rings (SSSR count). The van der Waals surface area contributed by atoms with Gasteiger partial charge in [0.2, 0.25) is 23.5 Å². The number of aryl methyl sites for hydroxylation is 1. The molecule has 0 saturated heterocycles. The molecular weight excluding hydrogens is 308 g/mol. The van der Waals surface area contributed by atoms with Gasteiger partial charge in [-0.2, -0.15) is 4.98 Å². The van der Waals surface area contributed by atoms with E-state index in [1.165, 1.54) is 0 Å². The van der Waals surface area contributed by atoms with Crippen LogP contribution in [-0.2, 0) is 16.0 Å². The minimum Gasteiger partial charge on any atom is -0.368 e. The maximum Gasteiger partial charge on any atom is 0.240 e. The summed E-state index contributed by atoms with van der Waals surface area (Å²) < 4.78 is 5.16. The van der Waals surface area contributed by atoms with E-state index in [1.54, 1.807) is 0 Å². The van der Waals surface area contributed by atoms with Gasteiger partial charge in [0.1, 0.15) is 6.04 Å². The molecule has 3 N–H and O–H groups in total. The highest BCUT2D eigenvalue weighted by atomic mass is 16.5. The Hall–Kier alpha value is -2.70. The van der Waals surface area contributed by atoms with E-state index in [9.17, 15) is 9.59 Å². The van der Waals surface area contributed by atoms with Gasteiger partial charge in [-0.25, -0.2) is 0 Å². The molecule has 0 saturated carbocycles. The van der Waals surface area contributed by atoms with E-state index in [0.717, 1.165) is 12.0 Å². The molecule has 1 aromatic heterocycles. The molecule has 0 fully saturated rings. The van der Waals surface area contributed by atoms with Crippen LogP contribution in [0, 0.1) is 5.92 Å². The minimum absolute atomic E-state index is 0.0143. The average molecular weight is 330 g/mol. The lowest BCUT2D eigenvalue weighted by Gasteiger charge is -2.20. The summed E-state index contributed by atoms with van der Waals surface area (Å²) in [5.41, 5.74) is 6.19. The van der Waals surface area contributed by atoms with Crippen LogP contribution in [0.2, 0.25) is 0 Å². The molecule has 24 heavy (non-hydrogen) atoms. The number of aromatic nitrogens is 2. The van der Waals surface area contributed by atoms with Gasteiger partial charge in [-0.3, -0.25) is 9.59 Å². The highest BCUT2D eigenvalue weighted by molar-refractivity contribution is 5.86. The third kappa shape index (κ3) is 4.65. The van der Waals surface area contributed by atoms with Gasteiger partial charge < -0.3 is 15.6 Å². The molecule has 0 radical (unpaired) electrons. The Kier molecular flexibility index (Phi) is 6.06. The van der Waals surface area contributed by atoms with Crippen molar-refractivity contribution in [3.05, 3.63) is 36.2 Å². The number of nitrogens with one attached hydrogen (secondary N) is 1. The van der Waals surface area contributed by atoms with E-state index in [-0.39, 0.29) is 18.2 Å². The lowest BCUT2D eigenvalue weighted by atomic mass is 9.98. The summed E-state index contributed by atoms with van der Waals surface area (Å²) in [4.78, 5) is 27.7. The number of hydrogen-bond donors (Lipinski definition) is 2. The van der Waals surface area contributed by atoms with Crippen LogP contribution in [0.5, 0.6) is 0 Å². The quantitative estimate of drug-likeness (QED) is 0.765. The Morgan fingerprint density at radius 3 is 2.62 bits per heavy atom. The van der Waals surface area contributed by atoms with Crippen molar-refractivity contribution in [3.63, 3.8) is 0 Å². The number of nitrogens with zero attached hydrogens (tertiary/aromatic N) is 2. The molecule has 2 atom stereocenters. The molecule has 2 amide bonds. The molecule has 1 aromatic carbocycles. The predicted molar refractivity (Wildman–Crippen MR) is 88.6 cm³/mol. The molecule has 128 valence electrons. The standard InChI is InChI=1S/C17H22N4O3/c1-3-11(2)15(16(18)23)19-13(22)9-10-14-20-17(21-24-14)12-7-5-4-6-8-12/h4-8,11,15H,3,9-10H2,1-2H3,(H2,18,23)(H,19,22)/t11-,15-/m0/s1. The van der Waals surface area contributed by atoms with Crippen molar-refractivity contribution < 1.29 is 14.1 Å². The Bertz CT molecular complexity index is 684. The highest BCUT2D eigenvalue weighted by Crippen LogP contribution is 2.15. The maximum absolute atomic E-state index is 12.0. The molecule has 0 spiro atoms. The largest absolute Gasteiger partial charge is 0.368 e. The first-order valence-corrected chi connectivity index (χ1v) is 7.98. The van der Waals surface area contributed by atoms with Crippen LogP contribution in [0.1, 0.15) is 32.6 Å². The summed E-state index contributed by atoms with van der Waals surface area (Å²) in [5, 5.41) is 6.58. The van der Waals surface area contributed by atoms with Crippen LogP contribution in [0.25, 0.3) is 11.4 Å². The second-order valence-electron chi connectivity index (χ2n) is 5.71. The first kappa shape index (κ1) is 17.7. The van der Waals surface area contributed by atoms with Crippen molar-refractivity contribution in [1.82, 2.24) is 15.5 Å². The smallest absolute Gasteiger partial charge is 0.240 e. The third-order valence-electron chi connectivity index (χ3n) is 3.90. The SMILES string of the molecule is CC[C@H](C)[C@H](NC(=O)CCc1nc(-c2ccccc2)no1)C(N)=O. The number of primary amides is 1. The second kappa shape index (κ2) is 8.24. The molecule has 0 aliphatic carbocycles. The molecule has 2 aromatic rings.